The summed E-state index contributed by atoms with van der Waals surface area (Å²) in [6, 6.07) is 22.9. The zero-order valence-corrected chi connectivity index (χ0v) is 12.7. The van der Waals surface area contributed by atoms with Gasteiger partial charge in [0.05, 0.1) is 11.6 Å². The molecule has 0 saturated carbocycles. The van der Waals surface area contributed by atoms with Crippen molar-refractivity contribution < 1.29 is 0 Å². The molecule has 98 valence electrons. The summed E-state index contributed by atoms with van der Waals surface area (Å²) in [5.74, 6) is 0. The molecule has 0 aliphatic carbocycles. The molecule has 0 aliphatic heterocycles. The first-order valence-electron chi connectivity index (χ1n) is 6.72. The Hall–Kier alpha value is -2.37. The lowest BCUT2D eigenvalue weighted by Crippen LogP contribution is -1.84. The van der Waals surface area contributed by atoms with Gasteiger partial charge in [0.15, 0.2) is 0 Å². The number of hydrogen-bond acceptors (Lipinski definition) is 1. The van der Waals surface area contributed by atoms with Crippen molar-refractivity contribution in [1.29, 1.82) is 5.26 Å². The van der Waals surface area contributed by atoms with Gasteiger partial charge in [-0.2, -0.15) is 5.26 Å². The van der Waals surface area contributed by atoms with Gasteiger partial charge in [-0.3, -0.25) is 0 Å². The van der Waals surface area contributed by atoms with Crippen LogP contribution in [0.5, 0.6) is 0 Å². The first-order valence-corrected chi connectivity index (χ1v) is 7.51. The van der Waals surface area contributed by atoms with Gasteiger partial charge in [0, 0.05) is 4.47 Å². The molecule has 0 N–H and O–H groups in total. The molecule has 0 bridgehead atoms. The van der Waals surface area contributed by atoms with Crippen molar-refractivity contribution >= 4 is 48.2 Å². The SMILES string of the molecule is N#Cc1ccc2c3ccc(Br)cc3c3ccccc3c2c1. The Kier molecular flexibility index (Phi) is 2.70. The Labute approximate surface area is 130 Å². The van der Waals surface area contributed by atoms with Crippen LogP contribution in [0.1, 0.15) is 5.56 Å². The van der Waals surface area contributed by atoms with E-state index < -0.39 is 0 Å². The van der Waals surface area contributed by atoms with Crippen molar-refractivity contribution in [2.75, 3.05) is 0 Å². The van der Waals surface area contributed by atoms with E-state index in [0.717, 1.165) is 9.86 Å². The molecular formula is C19H10BrN. The summed E-state index contributed by atoms with van der Waals surface area (Å²) in [4.78, 5) is 0. The lowest BCUT2D eigenvalue weighted by atomic mass is 9.93. The molecular weight excluding hydrogens is 322 g/mol. The minimum atomic E-state index is 0.698. The molecule has 0 heterocycles. The van der Waals surface area contributed by atoms with E-state index in [-0.39, 0.29) is 0 Å². The first-order chi connectivity index (χ1) is 10.3. The van der Waals surface area contributed by atoms with Gasteiger partial charge >= 0.3 is 0 Å². The predicted octanol–water partition coefficient (Wildman–Crippen LogP) is 5.78. The maximum absolute atomic E-state index is 9.16. The maximum Gasteiger partial charge on any atom is 0.0991 e. The predicted molar refractivity (Wildman–Crippen MR) is 91.4 cm³/mol. The highest BCUT2D eigenvalue weighted by Crippen LogP contribution is 2.36. The Bertz CT molecular complexity index is 1040. The molecule has 1 nitrogen and oxygen atoms in total. The number of nitriles is 1. The second-order valence-corrected chi connectivity index (χ2v) is 6.02. The van der Waals surface area contributed by atoms with Crippen LogP contribution in [0.4, 0.5) is 0 Å². The van der Waals surface area contributed by atoms with Crippen molar-refractivity contribution in [1.82, 2.24) is 0 Å². The van der Waals surface area contributed by atoms with E-state index in [1.165, 1.54) is 26.9 Å². The number of rotatable bonds is 0. The van der Waals surface area contributed by atoms with Gasteiger partial charge in [-0.1, -0.05) is 52.3 Å². The molecule has 21 heavy (non-hydrogen) atoms. The van der Waals surface area contributed by atoms with Crippen LogP contribution < -0.4 is 0 Å². The minimum Gasteiger partial charge on any atom is -0.192 e. The van der Waals surface area contributed by atoms with E-state index >= 15 is 0 Å². The minimum absolute atomic E-state index is 0.698. The monoisotopic (exact) mass is 331 g/mol. The van der Waals surface area contributed by atoms with Crippen molar-refractivity contribution in [3.05, 3.63) is 70.7 Å². The fraction of sp³-hybridized carbons (Fsp3) is 0. The zero-order valence-electron chi connectivity index (χ0n) is 11.1. The van der Waals surface area contributed by atoms with Crippen molar-refractivity contribution in [2.24, 2.45) is 0 Å². The Morgan fingerprint density at radius 3 is 1.90 bits per heavy atom. The maximum atomic E-state index is 9.16. The lowest BCUT2D eigenvalue weighted by Gasteiger charge is -2.10. The summed E-state index contributed by atoms with van der Waals surface area (Å²) >= 11 is 3.56. The van der Waals surface area contributed by atoms with Crippen LogP contribution in [0.2, 0.25) is 0 Å². The average Bonchev–Trinajstić information content (AvgIpc) is 2.54. The summed E-state index contributed by atoms with van der Waals surface area (Å²) < 4.78 is 1.08. The highest BCUT2D eigenvalue weighted by Gasteiger charge is 2.09. The topological polar surface area (TPSA) is 23.8 Å². The molecule has 0 fully saturated rings. The third kappa shape index (κ3) is 1.82. The fourth-order valence-corrected chi connectivity index (χ4v) is 3.36. The lowest BCUT2D eigenvalue weighted by molar-refractivity contribution is 1.50. The number of fused-ring (bicyclic) bond motifs is 6. The molecule has 0 amide bonds. The van der Waals surface area contributed by atoms with Crippen LogP contribution in [0.15, 0.2) is 65.1 Å². The summed E-state index contributed by atoms with van der Waals surface area (Å²) in [6.45, 7) is 0. The molecule has 0 unspecified atom stereocenters. The van der Waals surface area contributed by atoms with Gasteiger partial charge < -0.3 is 0 Å². The van der Waals surface area contributed by atoms with E-state index in [0.29, 0.717) is 5.56 Å². The zero-order chi connectivity index (χ0) is 14.4. The van der Waals surface area contributed by atoms with E-state index in [9.17, 15) is 0 Å². The van der Waals surface area contributed by atoms with E-state index in [1.54, 1.807) is 0 Å². The summed E-state index contributed by atoms with van der Waals surface area (Å²) in [6.07, 6.45) is 0. The van der Waals surface area contributed by atoms with E-state index in [1.807, 2.05) is 18.2 Å². The average molecular weight is 332 g/mol. The molecule has 4 aromatic rings. The summed E-state index contributed by atoms with van der Waals surface area (Å²) in [5.41, 5.74) is 0.698. The molecule has 2 heteroatoms. The van der Waals surface area contributed by atoms with Gasteiger partial charge in [-0.05, 0) is 56.6 Å². The molecule has 0 atom stereocenters. The molecule has 0 spiro atoms. The van der Waals surface area contributed by atoms with E-state index in [4.69, 9.17) is 5.26 Å². The summed E-state index contributed by atoms with van der Waals surface area (Å²) in [5, 5.41) is 16.4. The molecule has 0 radical (unpaired) electrons. The number of benzene rings is 4. The second-order valence-electron chi connectivity index (χ2n) is 5.11. The molecule has 0 aliphatic rings. The number of nitrogens with zero attached hydrogens (tertiary/aromatic N) is 1. The standard InChI is InChI=1S/C19H10BrN/c20-13-6-8-17-16-7-5-12(11-21)9-18(16)14-3-1-2-4-15(14)19(17)10-13/h1-10H. The van der Waals surface area contributed by atoms with Gasteiger partial charge in [-0.15, -0.1) is 0 Å². The Morgan fingerprint density at radius 1 is 0.667 bits per heavy atom. The largest absolute Gasteiger partial charge is 0.192 e. The third-order valence-corrected chi connectivity index (χ3v) is 4.42. The highest BCUT2D eigenvalue weighted by molar-refractivity contribution is 9.10. The Morgan fingerprint density at radius 2 is 1.24 bits per heavy atom. The van der Waals surface area contributed by atoms with Crippen molar-refractivity contribution in [2.45, 2.75) is 0 Å². The second kappa shape index (κ2) is 4.58. The van der Waals surface area contributed by atoms with Crippen LogP contribution >= 0.6 is 15.9 Å². The Balaban J connectivity index is 2.37. The number of hydrogen-bond donors (Lipinski definition) is 0. The normalized spacial score (nSPS) is 11.0. The molecule has 4 rings (SSSR count). The van der Waals surface area contributed by atoms with Crippen LogP contribution in [-0.4, -0.2) is 0 Å². The van der Waals surface area contributed by atoms with E-state index in [2.05, 4.69) is 64.5 Å². The highest BCUT2D eigenvalue weighted by atomic mass is 79.9. The molecule has 4 aromatic carbocycles. The van der Waals surface area contributed by atoms with Crippen molar-refractivity contribution in [3.8, 4) is 6.07 Å². The van der Waals surface area contributed by atoms with Gasteiger partial charge in [0.25, 0.3) is 0 Å². The van der Waals surface area contributed by atoms with Gasteiger partial charge in [0.2, 0.25) is 0 Å². The van der Waals surface area contributed by atoms with Crippen LogP contribution in [-0.2, 0) is 0 Å². The smallest absolute Gasteiger partial charge is 0.0991 e. The first kappa shape index (κ1) is 12.4. The molecule has 0 aromatic heterocycles. The van der Waals surface area contributed by atoms with Gasteiger partial charge in [-0.25, -0.2) is 0 Å². The van der Waals surface area contributed by atoms with Crippen LogP contribution in [0.3, 0.4) is 0 Å². The summed E-state index contributed by atoms with van der Waals surface area (Å²) in [7, 11) is 0. The van der Waals surface area contributed by atoms with Crippen molar-refractivity contribution in [3.63, 3.8) is 0 Å². The fourth-order valence-electron chi connectivity index (χ4n) is 3.00. The van der Waals surface area contributed by atoms with Crippen LogP contribution in [0, 0.1) is 11.3 Å². The van der Waals surface area contributed by atoms with Gasteiger partial charge in [0.1, 0.15) is 0 Å². The van der Waals surface area contributed by atoms with Crippen LogP contribution in [0.25, 0.3) is 32.3 Å². The third-order valence-electron chi connectivity index (χ3n) is 3.93. The quantitative estimate of drug-likeness (QED) is 0.374. The molecule has 0 saturated heterocycles. The number of halogens is 1.